The molecule has 1 aromatic rings. The average molecular weight is 272 g/mol. The lowest BCUT2D eigenvalue weighted by atomic mass is 10.3. The monoisotopic (exact) mass is 271 g/mol. The summed E-state index contributed by atoms with van der Waals surface area (Å²) in [6, 6.07) is 0. The number of aryl methyl sites for hydroxylation is 1. The molecule has 2 heterocycles. The van der Waals surface area contributed by atoms with E-state index >= 15 is 0 Å². The van der Waals surface area contributed by atoms with E-state index in [2.05, 4.69) is 21.8 Å². The highest BCUT2D eigenvalue weighted by Gasteiger charge is 2.16. The van der Waals surface area contributed by atoms with E-state index in [1.54, 1.807) is 0 Å². The Morgan fingerprint density at radius 1 is 1.29 bits per heavy atom. The molecule has 0 aromatic carbocycles. The van der Waals surface area contributed by atoms with Crippen LogP contribution in [-0.2, 0) is 6.42 Å². The Morgan fingerprint density at radius 2 is 2.12 bits per heavy atom. The van der Waals surface area contributed by atoms with Gasteiger partial charge in [-0.3, -0.25) is 0 Å². The third kappa shape index (κ3) is 3.05. The van der Waals surface area contributed by atoms with Crippen LogP contribution in [0.1, 0.15) is 24.7 Å². The molecular formula is C12H18ClN3S. The van der Waals surface area contributed by atoms with E-state index in [0.29, 0.717) is 5.15 Å². The second kappa shape index (κ2) is 5.91. The molecule has 5 heteroatoms. The number of rotatable bonds is 2. The van der Waals surface area contributed by atoms with E-state index in [-0.39, 0.29) is 0 Å². The fourth-order valence-corrected chi connectivity index (χ4v) is 3.01. The van der Waals surface area contributed by atoms with Crippen molar-refractivity contribution in [3.8, 4) is 0 Å². The molecule has 1 fully saturated rings. The molecule has 0 unspecified atom stereocenters. The van der Waals surface area contributed by atoms with Crippen LogP contribution in [0.5, 0.6) is 0 Å². The third-order valence-corrected chi connectivity index (χ3v) is 4.36. The molecule has 0 radical (unpaired) electrons. The molecule has 94 valence electrons. The maximum absolute atomic E-state index is 6.17. The van der Waals surface area contributed by atoms with E-state index in [1.807, 2.05) is 18.7 Å². The summed E-state index contributed by atoms with van der Waals surface area (Å²) in [7, 11) is 0. The minimum atomic E-state index is 0.601. The standard InChI is InChI=1S/C12H18ClN3S/c1-3-10-14-11(13)9(2)12(15-10)16-5-4-7-17-8-6-16/h3-8H2,1-2H3. The number of halogens is 1. The van der Waals surface area contributed by atoms with Gasteiger partial charge in [0.2, 0.25) is 0 Å². The summed E-state index contributed by atoms with van der Waals surface area (Å²) in [6.45, 7) is 6.20. The number of thioether (sulfide) groups is 1. The van der Waals surface area contributed by atoms with Gasteiger partial charge in [-0.15, -0.1) is 0 Å². The van der Waals surface area contributed by atoms with Crippen molar-refractivity contribution in [2.24, 2.45) is 0 Å². The van der Waals surface area contributed by atoms with Crippen molar-refractivity contribution in [3.05, 3.63) is 16.5 Å². The van der Waals surface area contributed by atoms with E-state index < -0.39 is 0 Å². The second-order valence-electron chi connectivity index (χ2n) is 4.19. The molecule has 1 aliphatic rings. The highest BCUT2D eigenvalue weighted by Crippen LogP contribution is 2.25. The minimum absolute atomic E-state index is 0.601. The van der Waals surface area contributed by atoms with Gasteiger partial charge < -0.3 is 4.90 Å². The van der Waals surface area contributed by atoms with Gasteiger partial charge in [-0.25, -0.2) is 9.97 Å². The fourth-order valence-electron chi connectivity index (χ4n) is 1.94. The van der Waals surface area contributed by atoms with Gasteiger partial charge in [0.25, 0.3) is 0 Å². The van der Waals surface area contributed by atoms with Crippen molar-refractivity contribution in [2.75, 3.05) is 29.5 Å². The van der Waals surface area contributed by atoms with Crippen LogP contribution in [0.15, 0.2) is 0 Å². The molecule has 3 nitrogen and oxygen atoms in total. The first kappa shape index (κ1) is 13.0. The topological polar surface area (TPSA) is 29.0 Å². The van der Waals surface area contributed by atoms with Gasteiger partial charge in [0.05, 0.1) is 0 Å². The lowest BCUT2D eigenvalue weighted by Crippen LogP contribution is -2.28. The zero-order valence-electron chi connectivity index (χ0n) is 10.4. The van der Waals surface area contributed by atoms with Gasteiger partial charge in [0, 0.05) is 30.8 Å². The SMILES string of the molecule is CCc1nc(Cl)c(C)c(N2CCCSCC2)n1. The van der Waals surface area contributed by atoms with Gasteiger partial charge in [-0.05, 0) is 19.1 Å². The molecule has 0 aliphatic carbocycles. The lowest BCUT2D eigenvalue weighted by molar-refractivity contribution is 0.782. The molecule has 1 aromatic heterocycles. The van der Waals surface area contributed by atoms with Crippen LogP contribution in [0.25, 0.3) is 0 Å². The van der Waals surface area contributed by atoms with Gasteiger partial charge in [0.1, 0.15) is 16.8 Å². The Morgan fingerprint density at radius 3 is 2.88 bits per heavy atom. The van der Waals surface area contributed by atoms with Crippen molar-refractivity contribution in [1.82, 2.24) is 9.97 Å². The molecule has 1 saturated heterocycles. The zero-order valence-corrected chi connectivity index (χ0v) is 11.9. The Balaban J connectivity index is 2.31. The number of nitrogens with zero attached hydrogens (tertiary/aromatic N) is 3. The van der Waals surface area contributed by atoms with Crippen LogP contribution in [-0.4, -0.2) is 34.6 Å². The average Bonchev–Trinajstić information content (AvgIpc) is 2.61. The maximum Gasteiger partial charge on any atom is 0.137 e. The van der Waals surface area contributed by atoms with Crippen molar-refractivity contribution in [3.63, 3.8) is 0 Å². The summed E-state index contributed by atoms with van der Waals surface area (Å²) in [5.74, 6) is 4.29. The predicted molar refractivity (Wildman–Crippen MR) is 75.3 cm³/mol. The molecule has 17 heavy (non-hydrogen) atoms. The van der Waals surface area contributed by atoms with Crippen LogP contribution in [0, 0.1) is 6.92 Å². The van der Waals surface area contributed by atoms with E-state index in [9.17, 15) is 0 Å². The molecule has 0 spiro atoms. The van der Waals surface area contributed by atoms with E-state index in [0.717, 1.165) is 36.7 Å². The summed E-state index contributed by atoms with van der Waals surface area (Å²) in [5.41, 5.74) is 1.01. The number of hydrogen-bond acceptors (Lipinski definition) is 4. The Labute approximate surface area is 112 Å². The Bertz CT molecular complexity index is 390. The van der Waals surface area contributed by atoms with Gasteiger partial charge in [-0.2, -0.15) is 11.8 Å². The van der Waals surface area contributed by atoms with Gasteiger partial charge >= 0.3 is 0 Å². The van der Waals surface area contributed by atoms with Crippen LogP contribution in [0.2, 0.25) is 5.15 Å². The van der Waals surface area contributed by atoms with E-state index in [1.165, 1.54) is 17.9 Å². The van der Waals surface area contributed by atoms with Gasteiger partial charge in [-0.1, -0.05) is 18.5 Å². The smallest absolute Gasteiger partial charge is 0.137 e. The predicted octanol–water partition coefficient (Wildman–Crippen LogP) is 2.94. The van der Waals surface area contributed by atoms with Crippen molar-refractivity contribution >= 4 is 29.2 Å². The normalized spacial score (nSPS) is 17.0. The highest BCUT2D eigenvalue weighted by molar-refractivity contribution is 7.99. The molecule has 0 atom stereocenters. The quantitative estimate of drug-likeness (QED) is 0.774. The van der Waals surface area contributed by atoms with Crippen LogP contribution < -0.4 is 4.90 Å². The summed E-state index contributed by atoms with van der Waals surface area (Å²) < 4.78 is 0. The van der Waals surface area contributed by atoms with Crippen molar-refractivity contribution < 1.29 is 0 Å². The van der Waals surface area contributed by atoms with Crippen LogP contribution in [0.4, 0.5) is 5.82 Å². The molecule has 0 N–H and O–H groups in total. The van der Waals surface area contributed by atoms with E-state index in [4.69, 9.17) is 11.6 Å². The van der Waals surface area contributed by atoms with Crippen LogP contribution in [0.3, 0.4) is 0 Å². The third-order valence-electron chi connectivity index (χ3n) is 2.95. The second-order valence-corrected chi connectivity index (χ2v) is 5.77. The molecule has 0 bridgehead atoms. The molecule has 2 rings (SSSR count). The van der Waals surface area contributed by atoms with Gasteiger partial charge in [0.15, 0.2) is 0 Å². The lowest BCUT2D eigenvalue weighted by Gasteiger charge is -2.23. The summed E-state index contributed by atoms with van der Waals surface area (Å²) >= 11 is 8.19. The Kier molecular flexibility index (Phi) is 4.51. The number of anilines is 1. The van der Waals surface area contributed by atoms with Crippen molar-refractivity contribution in [2.45, 2.75) is 26.7 Å². The minimum Gasteiger partial charge on any atom is -0.355 e. The largest absolute Gasteiger partial charge is 0.355 e. The molecule has 0 saturated carbocycles. The number of aromatic nitrogens is 2. The fraction of sp³-hybridized carbons (Fsp3) is 0.667. The molecule has 0 amide bonds. The molecule has 1 aliphatic heterocycles. The van der Waals surface area contributed by atoms with Crippen LogP contribution >= 0.6 is 23.4 Å². The number of hydrogen-bond donors (Lipinski definition) is 0. The first-order valence-corrected chi connectivity index (χ1v) is 7.61. The zero-order chi connectivity index (χ0) is 12.3. The molecular weight excluding hydrogens is 254 g/mol. The summed E-state index contributed by atoms with van der Waals surface area (Å²) in [4.78, 5) is 11.3. The first-order chi connectivity index (χ1) is 8.22. The summed E-state index contributed by atoms with van der Waals surface area (Å²) in [5, 5.41) is 0.601. The summed E-state index contributed by atoms with van der Waals surface area (Å²) in [6.07, 6.45) is 2.04. The Hall–Kier alpha value is -0.480. The van der Waals surface area contributed by atoms with Crippen molar-refractivity contribution in [1.29, 1.82) is 0 Å². The maximum atomic E-state index is 6.17. The first-order valence-electron chi connectivity index (χ1n) is 6.08. The highest BCUT2D eigenvalue weighted by atomic mass is 35.5.